The lowest BCUT2D eigenvalue weighted by Gasteiger charge is -2.13. The molecule has 27 heavy (non-hydrogen) atoms. The van der Waals surface area contributed by atoms with Crippen molar-refractivity contribution in [3.8, 4) is 34.4 Å². The molecule has 0 unspecified atom stereocenters. The van der Waals surface area contributed by atoms with Gasteiger partial charge >= 0.3 is 0 Å². The van der Waals surface area contributed by atoms with Crippen molar-refractivity contribution in [2.24, 2.45) is 0 Å². The molecule has 0 bridgehead atoms. The van der Waals surface area contributed by atoms with Gasteiger partial charge in [-0.25, -0.2) is 0 Å². The van der Waals surface area contributed by atoms with Crippen molar-refractivity contribution in [1.82, 2.24) is 10.2 Å². The molecular formula is C22H18N2O3. The fourth-order valence-corrected chi connectivity index (χ4v) is 2.93. The van der Waals surface area contributed by atoms with Crippen LogP contribution in [0.15, 0.2) is 72.8 Å². The van der Waals surface area contributed by atoms with E-state index in [1.807, 2.05) is 60.7 Å². The molecule has 1 heterocycles. The van der Waals surface area contributed by atoms with Gasteiger partial charge in [-0.2, -0.15) is 0 Å². The van der Waals surface area contributed by atoms with Crippen LogP contribution in [-0.4, -0.2) is 24.4 Å². The van der Waals surface area contributed by atoms with Gasteiger partial charge in [-0.05, 0) is 18.2 Å². The summed E-state index contributed by atoms with van der Waals surface area (Å²) < 4.78 is 16.7. The maximum Gasteiger partial charge on any atom is 0.246 e. The minimum atomic E-state index is 0.414. The molecule has 0 saturated heterocycles. The van der Waals surface area contributed by atoms with Crippen LogP contribution in [0.2, 0.25) is 0 Å². The fourth-order valence-electron chi connectivity index (χ4n) is 2.93. The second-order valence-electron chi connectivity index (χ2n) is 5.88. The standard InChI is InChI=1S/C22H18N2O3/c1-25-16-12-13-19(26-2)20(14-16)27-22-18-11-7-6-10-17(18)21(23-24-22)15-8-4-3-5-9-15/h3-14H,1-2H3. The van der Waals surface area contributed by atoms with E-state index in [0.29, 0.717) is 23.1 Å². The largest absolute Gasteiger partial charge is 0.497 e. The highest BCUT2D eigenvalue weighted by atomic mass is 16.5. The van der Waals surface area contributed by atoms with E-state index >= 15 is 0 Å². The Morgan fingerprint density at radius 2 is 1.41 bits per heavy atom. The molecule has 1 aromatic heterocycles. The highest BCUT2D eigenvalue weighted by Gasteiger charge is 2.14. The summed E-state index contributed by atoms with van der Waals surface area (Å²) in [5.74, 6) is 2.19. The van der Waals surface area contributed by atoms with Crippen LogP contribution in [0.1, 0.15) is 0 Å². The predicted octanol–water partition coefficient (Wildman–Crippen LogP) is 5.11. The molecule has 0 aliphatic rings. The Morgan fingerprint density at radius 1 is 0.667 bits per heavy atom. The van der Waals surface area contributed by atoms with Gasteiger partial charge in [0.15, 0.2) is 11.5 Å². The normalized spacial score (nSPS) is 10.6. The minimum absolute atomic E-state index is 0.414. The SMILES string of the molecule is COc1ccc(OC)c(Oc2nnc(-c3ccccc3)c3ccccc23)c1. The average Bonchev–Trinajstić information content (AvgIpc) is 2.74. The van der Waals surface area contributed by atoms with Gasteiger partial charge in [0, 0.05) is 22.4 Å². The lowest BCUT2D eigenvalue weighted by molar-refractivity contribution is 0.367. The van der Waals surface area contributed by atoms with E-state index in [0.717, 1.165) is 22.0 Å². The number of rotatable bonds is 5. The summed E-state index contributed by atoms with van der Waals surface area (Å²) in [7, 11) is 3.20. The molecule has 0 aliphatic heterocycles. The smallest absolute Gasteiger partial charge is 0.246 e. The highest BCUT2D eigenvalue weighted by Crippen LogP contribution is 2.37. The Kier molecular flexibility index (Phi) is 4.58. The van der Waals surface area contributed by atoms with Gasteiger partial charge in [-0.15, -0.1) is 10.2 Å². The van der Waals surface area contributed by atoms with Crippen LogP contribution < -0.4 is 14.2 Å². The van der Waals surface area contributed by atoms with Crippen molar-refractivity contribution in [3.63, 3.8) is 0 Å². The lowest BCUT2D eigenvalue weighted by atomic mass is 10.1. The lowest BCUT2D eigenvalue weighted by Crippen LogP contribution is -1.97. The molecule has 0 radical (unpaired) electrons. The summed E-state index contributed by atoms with van der Waals surface area (Å²) in [5.41, 5.74) is 1.82. The summed E-state index contributed by atoms with van der Waals surface area (Å²) >= 11 is 0. The van der Waals surface area contributed by atoms with Crippen molar-refractivity contribution in [2.75, 3.05) is 14.2 Å². The monoisotopic (exact) mass is 358 g/mol. The third-order valence-corrected chi connectivity index (χ3v) is 4.28. The molecule has 4 aromatic rings. The predicted molar refractivity (Wildman–Crippen MR) is 105 cm³/mol. The van der Waals surface area contributed by atoms with Crippen molar-refractivity contribution in [3.05, 3.63) is 72.8 Å². The first-order chi connectivity index (χ1) is 13.3. The molecule has 0 atom stereocenters. The van der Waals surface area contributed by atoms with Crippen LogP contribution in [0.25, 0.3) is 22.0 Å². The van der Waals surface area contributed by atoms with Gasteiger partial charge < -0.3 is 14.2 Å². The number of fused-ring (bicyclic) bond motifs is 1. The molecule has 0 amide bonds. The number of aromatic nitrogens is 2. The first-order valence-electron chi connectivity index (χ1n) is 8.51. The molecule has 0 fully saturated rings. The Balaban J connectivity index is 1.83. The second kappa shape index (κ2) is 7.33. The maximum absolute atomic E-state index is 6.07. The van der Waals surface area contributed by atoms with Crippen LogP contribution in [0.5, 0.6) is 23.1 Å². The molecule has 4 rings (SSSR count). The number of methoxy groups -OCH3 is 2. The van der Waals surface area contributed by atoms with Crippen LogP contribution in [0, 0.1) is 0 Å². The van der Waals surface area contributed by atoms with Gasteiger partial charge in [0.2, 0.25) is 5.88 Å². The molecule has 0 N–H and O–H groups in total. The second-order valence-corrected chi connectivity index (χ2v) is 5.88. The Labute approximate surface area is 157 Å². The van der Waals surface area contributed by atoms with E-state index in [1.54, 1.807) is 26.4 Å². The topological polar surface area (TPSA) is 53.5 Å². The summed E-state index contributed by atoms with van der Waals surface area (Å²) in [6.07, 6.45) is 0. The first kappa shape index (κ1) is 16.8. The molecule has 0 spiro atoms. The molecular weight excluding hydrogens is 340 g/mol. The summed E-state index contributed by atoms with van der Waals surface area (Å²) in [6.45, 7) is 0. The highest BCUT2D eigenvalue weighted by molar-refractivity contribution is 5.97. The molecule has 0 saturated carbocycles. The molecule has 0 aliphatic carbocycles. The zero-order valence-corrected chi connectivity index (χ0v) is 15.0. The third-order valence-electron chi connectivity index (χ3n) is 4.28. The van der Waals surface area contributed by atoms with Gasteiger partial charge in [0.25, 0.3) is 0 Å². The Morgan fingerprint density at radius 3 is 2.15 bits per heavy atom. The van der Waals surface area contributed by atoms with Crippen molar-refractivity contribution in [2.45, 2.75) is 0 Å². The molecule has 5 heteroatoms. The molecule has 3 aromatic carbocycles. The number of nitrogens with zero attached hydrogens (tertiary/aromatic N) is 2. The number of hydrogen-bond acceptors (Lipinski definition) is 5. The number of hydrogen-bond donors (Lipinski definition) is 0. The van der Waals surface area contributed by atoms with Gasteiger partial charge in [0.05, 0.1) is 14.2 Å². The van der Waals surface area contributed by atoms with Crippen LogP contribution in [-0.2, 0) is 0 Å². The summed E-state index contributed by atoms with van der Waals surface area (Å²) in [5, 5.41) is 10.6. The Hall–Kier alpha value is -3.60. The van der Waals surface area contributed by atoms with E-state index in [-0.39, 0.29) is 0 Å². The van der Waals surface area contributed by atoms with Crippen LogP contribution in [0.3, 0.4) is 0 Å². The van der Waals surface area contributed by atoms with Crippen molar-refractivity contribution < 1.29 is 14.2 Å². The molecule has 5 nitrogen and oxygen atoms in total. The van der Waals surface area contributed by atoms with E-state index in [2.05, 4.69) is 10.2 Å². The summed E-state index contributed by atoms with van der Waals surface area (Å²) in [4.78, 5) is 0. The maximum atomic E-state index is 6.07. The average molecular weight is 358 g/mol. The van der Waals surface area contributed by atoms with E-state index < -0.39 is 0 Å². The summed E-state index contributed by atoms with van der Waals surface area (Å²) in [6, 6.07) is 23.3. The van der Waals surface area contributed by atoms with E-state index in [1.165, 1.54) is 0 Å². The fraction of sp³-hybridized carbons (Fsp3) is 0.0909. The number of ether oxygens (including phenoxy) is 3. The van der Waals surface area contributed by atoms with Crippen molar-refractivity contribution >= 4 is 10.8 Å². The Bertz CT molecular complexity index is 1080. The van der Waals surface area contributed by atoms with Crippen molar-refractivity contribution in [1.29, 1.82) is 0 Å². The van der Waals surface area contributed by atoms with Gasteiger partial charge in [-0.3, -0.25) is 0 Å². The zero-order valence-electron chi connectivity index (χ0n) is 15.0. The van der Waals surface area contributed by atoms with Crippen LogP contribution in [0.4, 0.5) is 0 Å². The van der Waals surface area contributed by atoms with Crippen LogP contribution >= 0.6 is 0 Å². The quantitative estimate of drug-likeness (QED) is 0.496. The van der Waals surface area contributed by atoms with Gasteiger partial charge in [0.1, 0.15) is 11.4 Å². The first-order valence-corrected chi connectivity index (χ1v) is 8.51. The van der Waals surface area contributed by atoms with E-state index in [9.17, 15) is 0 Å². The zero-order chi connectivity index (χ0) is 18.6. The minimum Gasteiger partial charge on any atom is -0.497 e. The third kappa shape index (κ3) is 3.27. The van der Waals surface area contributed by atoms with Gasteiger partial charge in [-0.1, -0.05) is 48.5 Å². The molecule has 134 valence electrons. The van der Waals surface area contributed by atoms with E-state index in [4.69, 9.17) is 14.2 Å². The number of benzene rings is 3.